The summed E-state index contributed by atoms with van der Waals surface area (Å²) >= 11 is 7.42. The first-order valence-corrected chi connectivity index (χ1v) is 20.1. The van der Waals surface area contributed by atoms with E-state index >= 15 is 4.39 Å². The summed E-state index contributed by atoms with van der Waals surface area (Å²) in [4.78, 5) is 54.6. The van der Waals surface area contributed by atoms with Crippen molar-refractivity contribution in [3.8, 4) is 11.5 Å². The zero-order chi connectivity index (χ0) is 37.5. The molecule has 53 heavy (non-hydrogen) atoms. The van der Waals surface area contributed by atoms with E-state index in [1.54, 1.807) is 18.2 Å². The van der Waals surface area contributed by atoms with E-state index in [-0.39, 0.29) is 44.6 Å². The van der Waals surface area contributed by atoms with Crippen molar-refractivity contribution < 1.29 is 42.9 Å². The summed E-state index contributed by atoms with van der Waals surface area (Å²) in [7, 11) is 0. The number of phenolic OH excluding ortho intramolecular Hbond substituents is 1. The quantitative estimate of drug-likeness (QED) is 0.0436. The molecule has 0 spiro atoms. The summed E-state index contributed by atoms with van der Waals surface area (Å²) < 4.78 is 33.3. The highest BCUT2D eigenvalue weighted by atomic mass is 32.2. The maximum absolute atomic E-state index is 15.7. The smallest absolute Gasteiger partial charge is 0.339 e. The largest absolute Gasteiger partial charge is 0.507 e. The Morgan fingerprint density at radius 2 is 1.72 bits per heavy atom. The minimum Gasteiger partial charge on any atom is -0.507 e. The number of thiocarbonyl (C=S) groups is 1. The van der Waals surface area contributed by atoms with Gasteiger partial charge in [-0.2, -0.15) is 0 Å². The monoisotopic (exact) mass is 783 g/mol. The number of nitrogens with zero attached hydrogens (tertiary/aromatic N) is 2. The minimum absolute atomic E-state index is 0.0985. The Balaban J connectivity index is 0.950. The Morgan fingerprint density at radius 1 is 1.02 bits per heavy atom. The number of esters is 2. The van der Waals surface area contributed by atoms with Crippen LogP contribution in [0.2, 0.25) is 0 Å². The molecule has 0 bridgehead atoms. The lowest BCUT2D eigenvalue weighted by Gasteiger charge is -2.37. The van der Waals surface area contributed by atoms with Crippen LogP contribution in [0, 0.1) is 23.6 Å². The van der Waals surface area contributed by atoms with Gasteiger partial charge in [0.2, 0.25) is 0 Å². The van der Waals surface area contributed by atoms with Crippen molar-refractivity contribution in [1.29, 1.82) is 0 Å². The molecular formula is C38H42FN3O8S3. The van der Waals surface area contributed by atoms with Gasteiger partial charge in [0.25, 0.3) is 11.8 Å². The maximum Gasteiger partial charge on any atom is 0.339 e. The van der Waals surface area contributed by atoms with Crippen molar-refractivity contribution >= 4 is 78.7 Å². The van der Waals surface area contributed by atoms with Crippen LogP contribution >= 0.6 is 35.3 Å². The molecule has 0 radical (unpaired) electrons. The second-order valence-electron chi connectivity index (χ2n) is 13.5. The van der Waals surface area contributed by atoms with Crippen LogP contribution in [0.3, 0.4) is 0 Å². The van der Waals surface area contributed by atoms with Crippen molar-refractivity contribution in [1.82, 2.24) is 9.88 Å². The molecule has 2 N–H and O–H groups in total. The van der Waals surface area contributed by atoms with Crippen LogP contribution in [0.25, 0.3) is 10.2 Å². The number of hydrogen-bond acceptors (Lipinski definition) is 12. The number of halogens is 1. The van der Waals surface area contributed by atoms with Gasteiger partial charge in [-0.15, -0.1) is 0 Å². The summed E-state index contributed by atoms with van der Waals surface area (Å²) in [6.07, 6.45) is 11.2. The first-order valence-electron chi connectivity index (χ1n) is 18.0. The van der Waals surface area contributed by atoms with E-state index in [2.05, 4.69) is 10.3 Å². The van der Waals surface area contributed by atoms with E-state index in [4.69, 9.17) is 26.4 Å². The summed E-state index contributed by atoms with van der Waals surface area (Å²) in [6, 6.07) is 7.65. The highest BCUT2D eigenvalue weighted by Crippen LogP contribution is 2.42. The zero-order valence-electron chi connectivity index (χ0n) is 29.3. The molecule has 2 aliphatic carbocycles. The van der Waals surface area contributed by atoms with E-state index in [1.165, 1.54) is 40.5 Å². The van der Waals surface area contributed by atoms with Crippen LogP contribution in [-0.4, -0.2) is 68.9 Å². The molecule has 2 aromatic carbocycles. The molecule has 2 heterocycles. The van der Waals surface area contributed by atoms with Gasteiger partial charge in [-0.3, -0.25) is 19.3 Å². The molecule has 282 valence electrons. The molecule has 2 saturated carbocycles. The number of benzene rings is 2. The van der Waals surface area contributed by atoms with Gasteiger partial charge >= 0.3 is 11.9 Å². The third-order valence-corrected chi connectivity index (χ3v) is 12.3. The number of nitrogens with one attached hydrogen (secondary N) is 1. The number of imide groups is 1. The molecule has 0 unspecified atom stereocenters. The molecule has 3 aromatic rings. The zero-order valence-corrected chi connectivity index (χ0v) is 31.8. The Kier molecular flexibility index (Phi) is 13.1. The normalized spacial score (nSPS) is 21.6. The third-order valence-electron chi connectivity index (χ3n) is 10.00. The van der Waals surface area contributed by atoms with Crippen LogP contribution in [0.1, 0.15) is 81.5 Å². The van der Waals surface area contributed by atoms with Crippen molar-refractivity contribution in [2.45, 2.75) is 82.1 Å². The molecule has 6 rings (SSSR count). The fourth-order valence-electron chi connectivity index (χ4n) is 7.21. The summed E-state index contributed by atoms with van der Waals surface area (Å²) in [5.74, 6) is -2.24. The van der Waals surface area contributed by atoms with E-state index in [9.17, 15) is 24.3 Å². The number of fused-ring (bicyclic) bond motifs is 1. The number of phenols is 1. The number of ether oxygens (including phenoxy) is 3. The van der Waals surface area contributed by atoms with Crippen LogP contribution in [0.15, 0.2) is 47.4 Å². The van der Waals surface area contributed by atoms with Gasteiger partial charge in [-0.25, -0.2) is 14.2 Å². The molecule has 2 amide bonds. The van der Waals surface area contributed by atoms with E-state index in [0.717, 1.165) is 50.3 Å². The molecule has 1 aliphatic heterocycles. The molecule has 0 atom stereocenters. The highest BCUT2D eigenvalue weighted by Gasteiger charge is 2.34. The molecule has 3 aliphatic rings. The molecule has 0 saturated heterocycles. The van der Waals surface area contributed by atoms with Crippen LogP contribution in [0.4, 0.5) is 9.52 Å². The maximum atomic E-state index is 15.7. The topological polar surface area (TPSA) is 144 Å². The lowest BCUT2D eigenvalue weighted by molar-refractivity contribution is -0.141. The predicted molar refractivity (Wildman–Crippen MR) is 204 cm³/mol. The number of aromatic hydroxyl groups is 1. The number of hydrogen-bond donors (Lipinski definition) is 2. The lowest BCUT2D eigenvalue weighted by Crippen LogP contribution is -2.33. The molecule has 15 heteroatoms. The summed E-state index contributed by atoms with van der Waals surface area (Å²) in [6.45, 7) is 3.09. The molecule has 1 aromatic heterocycles. The van der Waals surface area contributed by atoms with Crippen molar-refractivity contribution in [3.63, 3.8) is 0 Å². The number of aromatic nitrogens is 1. The average Bonchev–Trinajstić information content (AvgIpc) is 3.72. The highest BCUT2D eigenvalue weighted by molar-refractivity contribution is 8.23. The van der Waals surface area contributed by atoms with Gasteiger partial charge in [0, 0.05) is 25.3 Å². The fourth-order valence-corrected chi connectivity index (χ4v) is 9.36. The number of anilines is 1. The minimum atomic E-state index is -0.888. The Hall–Kier alpha value is -3.92. The Labute approximate surface area is 320 Å². The number of carbonyl (C=O) groups is 4. The molecule has 2 fully saturated rings. The Morgan fingerprint density at radius 3 is 2.42 bits per heavy atom. The summed E-state index contributed by atoms with van der Waals surface area (Å²) in [5.41, 5.74) is 0.963. The standard InChI is InChI=1S/C38H42FN3O8S3/c1-2-20-49-36(47)26-5-3-6-27-33(26)52-37(40-27)41-38(51)53-34-28(43)15-16-29(32(34)39)50-35(46)24-9-7-22(8-10-24)23-11-13-25(14-12-23)48-21-4-19-42-30(44)17-18-31(42)45/h3,5-6,15-18,22-25,43H,2,4,7-14,19-21H2,1H3,(H,40,41,51). The predicted octanol–water partition coefficient (Wildman–Crippen LogP) is 7.80. The van der Waals surface area contributed by atoms with Gasteiger partial charge < -0.3 is 24.6 Å². The van der Waals surface area contributed by atoms with Gasteiger partial charge in [-0.1, -0.05) is 48.3 Å². The third kappa shape index (κ3) is 9.61. The molecular weight excluding hydrogens is 742 g/mol. The van der Waals surface area contributed by atoms with Gasteiger partial charge in [0.15, 0.2) is 16.7 Å². The van der Waals surface area contributed by atoms with Crippen molar-refractivity contribution in [2.75, 3.05) is 25.1 Å². The van der Waals surface area contributed by atoms with E-state index in [0.29, 0.717) is 78.2 Å². The first kappa shape index (κ1) is 38.8. The van der Waals surface area contributed by atoms with Gasteiger partial charge in [-0.05, 0) is 100 Å². The molecule has 11 nitrogen and oxygen atoms in total. The second-order valence-corrected chi connectivity index (χ2v) is 16.2. The van der Waals surface area contributed by atoms with Gasteiger partial charge in [0.05, 0.1) is 39.3 Å². The van der Waals surface area contributed by atoms with Crippen molar-refractivity contribution in [2.24, 2.45) is 17.8 Å². The SMILES string of the molecule is CCCOC(=O)c1cccc2nc(NC(=S)Sc3c(O)ccc(OC(=O)C4CCC(C5CCC(OCCCN6C(=O)C=CC6=O)CC5)CC4)c3F)sc12. The van der Waals surface area contributed by atoms with E-state index in [1.807, 2.05) is 6.92 Å². The van der Waals surface area contributed by atoms with Crippen LogP contribution in [-0.2, 0) is 23.9 Å². The Bertz CT molecular complexity index is 1870. The van der Waals surface area contributed by atoms with Crippen LogP contribution < -0.4 is 10.1 Å². The number of thiazole rings is 1. The van der Waals surface area contributed by atoms with Crippen LogP contribution in [0.5, 0.6) is 11.5 Å². The number of amides is 2. The average molecular weight is 784 g/mol. The lowest BCUT2D eigenvalue weighted by atomic mass is 9.70. The van der Waals surface area contributed by atoms with Crippen molar-refractivity contribution in [3.05, 3.63) is 53.9 Å². The number of carbonyl (C=O) groups excluding carboxylic acids is 4. The van der Waals surface area contributed by atoms with E-state index < -0.39 is 17.8 Å². The number of rotatable bonds is 13. The summed E-state index contributed by atoms with van der Waals surface area (Å²) in [5, 5.41) is 13.8. The fraction of sp³-hybridized carbons (Fsp3) is 0.474. The first-order chi connectivity index (χ1) is 25.6. The second kappa shape index (κ2) is 17.9. The number of thioether (sulfide) groups is 1. The van der Waals surface area contributed by atoms with Gasteiger partial charge in [0.1, 0.15) is 10.1 Å².